The van der Waals surface area contributed by atoms with Crippen molar-refractivity contribution in [2.75, 3.05) is 19.0 Å². The van der Waals surface area contributed by atoms with E-state index in [0.29, 0.717) is 18.1 Å². The van der Waals surface area contributed by atoms with Gasteiger partial charge in [0, 0.05) is 5.56 Å². The largest absolute Gasteiger partial charge is 0.493 e. The zero-order chi connectivity index (χ0) is 14.9. The third-order valence-corrected chi connectivity index (χ3v) is 3.60. The van der Waals surface area contributed by atoms with Gasteiger partial charge < -0.3 is 14.8 Å². The molecule has 4 rings (SSSR count). The minimum absolute atomic E-state index is 0.126. The second-order valence-electron chi connectivity index (χ2n) is 5.05. The number of para-hydroxylation sites is 1. The van der Waals surface area contributed by atoms with Gasteiger partial charge in [-0.05, 0) is 35.0 Å². The normalized spacial score (nSPS) is 16.9. The molecule has 0 amide bonds. The lowest BCUT2D eigenvalue weighted by Gasteiger charge is -2.27. The Morgan fingerprint density at radius 2 is 2.27 bits per heavy atom. The number of nitrogens with one attached hydrogen (secondary N) is 1. The second-order valence-corrected chi connectivity index (χ2v) is 5.05. The van der Waals surface area contributed by atoms with Gasteiger partial charge in [0.05, 0.1) is 13.2 Å². The summed E-state index contributed by atoms with van der Waals surface area (Å²) in [5, 5.41) is 18.8. The Balaban J connectivity index is 1.54. The molecule has 0 spiro atoms. The van der Waals surface area contributed by atoms with Gasteiger partial charge in [0.2, 0.25) is 0 Å². The Hall–Kier alpha value is -2.90. The molecule has 8 nitrogen and oxygen atoms in total. The van der Waals surface area contributed by atoms with Crippen molar-refractivity contribution in [1.82, 2.24) is 25.3 Å². The van der Waals surface area contributed by atoms with Crippen molar-refractivity contribution in [3.05, 3.63) is 35.9 Å². The molecule has 1 N–H and O–H groups in total. The number of aromatic nitrogens is 5. The number of methoxy groups -OCH3 is 1. The Morgan fingerprint density at radius 1 is 1.32 bits per heavy atom. The van der Waals surface area contributed by atoms with Crippen molar-refractivity contribution in [3.8, 4) is 11.5 Å². The number of benzene rings is 1. The number of hydrogen-bond acceptors (Lipinski definition) is 7. The number of tetrazole rings is 1. The number of nitrogens with zero attached hydrogens (tertiary/aromatic N) is 5. The monoisotopic (exact) mass is 298 g/mol. The molecule has 112 valence electrons. The first-order valence-corrected chi connectivity index (χ1v) is 6.94. The van der Waals surface area contributed by atoms with Crippen LogP contribution in [0.25, 0.3) is 5.65 Å². The molecule has 0 radical (unpaired) electrons. The Morgan fingerprint density at radius 3 is 3.18 bits per heavy atom. The molecule has 3 aromatic rings. The molecule has 1 aliphatic heterocycles. The first kappa shape index (κ1) is 12.8. The van der Waals surface area contributed by atoms with Crippen molar-refractivity contribution < 1.29 is 9.47 Å². The van der Waals surface area contributed by atoms with Gasteiger partial charge in [-0.15, -0.1) is 14.8 Å². The molecule has 22 heavy (non-hydrogen) atoms. The number of fused-ring (bicyclic) bond motifs is 2. The third-order valence-electron chi connectivity index (χ3n) is 3.60. The van der Waals surface area contributed by atoms with Crippen LogP contribution in [-0.4, -0.2) is 45.0 Å². The van der Waals surface area contributed by atoms with Crippen molar-refractivity contribution in [2.24, 2.45) is 0 Å². The fourth-order valence-corrected chi connectivity index (χ4v) is 2.58. The van der Waals surface area contributed by atoms with E-state index in [0.717, 1.165) is 23.5 Å². The summed E-state index contributed by atoms with van der Waals surface area (Å²) in [6, 6.07) is 9.71. The van der Waals surface area contributed by atoms with Crippen LogP contribution in [0.5, 0.6) is 11.5 Å². The van der Waals surface area contributed by atoms with Crippen LogP contribution in [0, 0.1) is 0 Å². The van der Waals surface area contributed by atoms with Gasteiger partial charge in [-0.25, -0.2) is 0 Å². The first-order valence-electron chi connectivity index (χ1n) is 6.94. The first-order chi connectivity index (χ1) is 10.8. The van der Waals surface area contributed by atoms with E-state index < -0.39 is 0 Å². The van der Waals surface area contributed by atoms with E-state index in [1.165, 1.54) is 4.63 Å². The van der Waals surface area contributed by atoms with Crippen LogP contribution >= 0.6 is 0 Å². The Bertz CT molecular complexity index is 818. The van der Waals surface area contributed by atoms with Crippen LogP contribution < -0.4 is 14.8 Å². The minimum atomic E-state index is 0.126. The minimum Gasteiger partial charge on any atom is -0.493 e. The topological polar surface area (TPSA) is 86.5 Å². The average molecular weight is 298 g/mol. The molecule has 1 aliphatic rings. The van der Waals surface area contributed by atoms with Crippen molar-refractivity contribution in [3.63, 3.8) is 0 Å². The molecule has 0 bridgehead atoms. The molecule has 1 atom stereocenters. The third kappa shape index (κ3) is 2.18. The predicted molar refractivity (Wildman–Crippen MR) is 78.2 cm³/mol. The summed E-state index contributed by atoms with van der Waals surface area (Å²) in [5.41, 5.74) is 1.73. The molecule has 1 unspecified atom stereocenters. The van der Waals surface area contributed by atoms with E-state index in [9.17, 15) is 0 Å². The fraction of sp³-hybridized carbons (Fsp3) is 0.286. The molecule has 0 saturated carbocycles. The highest BCUT2D eigenvalue weighted by atomic mass is 16.5. The maximum Gasteiger partial charge on any atom is 0.200 e. The number of anilines is 1. The smallest absolute Gasteiger partial charge is 0.200 e. The van der Waals surface area contributed by atoms with Gasteiger partial charge >= 0.3 is 0 Å². The van der Waals surface area contributed by atoms with Crippen molar-refractivity contribution in [1.29, 1.82) is 0 Å². The van der Waals surface area contributed by atoms with Crippen LogP contribution in [-0.2, 0) is 6.42 Å². The van der Waals surface area contributed by atoms with Crippen LogP contribution in [0.2, 0.25) is 0 Å². The molecule has 3 heterocycles. The summed E-state index contributed by atoms with van der Waals surface area (Å²) in [5.74, 6) is 2.30. The number of rotatable bonds is 3. The highest BCUT2D eigenvalue weighted by molar-refractivity contribution is 5.49. The van der Waals surface area contributed by atoms with E-state index in [4.69, 9.17) is 9.47 Å². The van der Waals surface area contributed by atoms with Gasteiger partial charge in [-0.3, -0.25) is 0 Å². The number of hydrogen-bond donors (Lipinski definition) is 1. The highest BCUT2D eigenvalue weighted by Crippen LogP contribution is 2.34. The van der Waals surface area contributed by atoms with Crippen LogP contribution in [0.4, 0.5) is 5.82 Å². The standard InChI is InChI=1S/C14H14N6O2/c1-21-11-4-2-3-9-7-10(8-22-14(9)11)15-12-5-6-13-16-18-19-20(13)17-12/h2-6,10H,7-8H2,1H3,(H,15,17). The van der Waals surface area contributed by atoms with E-state index in [1.807, 2.05) is 30.3 Å². The van der Waals surface area contributed by atoms with E-state index in [-0.39, 0.29) is 6.04 Å². The SMILES string of the molecule is COc1cccc2c1OCC(Nc1ccc3nnnn3n1)C2. The second kappa shape index (κ2) is 5.14. The van der Waals surface area contributed by atoms with Crippen molar-refractivity contribution in [2.45, 2.75) is 12.5 Å². The summed E-state index contributed by atoms with van der Waals surface area (Å²) in [7, 11) is 1.65. The maximum atomic E-state index is 5.84. The van der Waals surface area contributed by atoms with Gasteiger partial charge in [-0.1, -0.05) is 12.1 Å². The molecule has 0 aliphatic carbocycles. The lowest BCUT2D eigenvalue weighted by Crippen LogP contribution is -2.33. The molecule has 1 aromatic carbocycles. The van der Waals surface area contributed by atoms with Crippen LogP contribution in [0.15, 0.2) is 30.3 Å². The molecule has 0 saturated heterocycles. The van der Waals surface area contributed by atoms with Gasteiger partial charge in [0.15, 0.2) is 17.1 Å². The van der Waals surface area contributed by atoms with E-state index in [2.05, 4.69) is 25.9 Å². The van der Waals surface area contributed by atoms with E-state index in [1.54, 1.807) is 7.11 Å². The summed E-state index contributed by atoms with van der Waals surface area (Å²) >= 11 is 0. The molecule has 8 heteroatoms. The van der Waals surface area contributed by atoms with Crippen LogP contribution in [0.1, 0.15) is 5.56 Å². The predicted octanol–water partition coefficient (Wildman–Crippen LogP) is 0.943. The Labute approximate surface area is 126 Å². The molecular formula is C14H14N6O2. The fourth-order valence-electron chi connectivity index (χ4n) is 2.58. The van der Waals surface area contributed by atoms with Gasteiger partial charge in [0.25, 0.3) is 0 Å². The average Bonchev–Trinajstić information content (AvgIpc) is 3.01. The zero-order valence-corrected chi connectivity index (χ0v) is 11.9. The quantitative estimate of drug-likeness (QED) is 0.770. The number of ether oxygens (including phenoxy) is 2. The lowest BCUT2D eigenvalue weighted by atomic mass is 10.0. The van der Waals surface area contributed by atoms with Gasteiger partial charge in [-0.2, -0.15) is 0 Å². The summed E-state index contributed by atoms with van der Waals surface area (Å²) < 4.78 is 12.6. The summed E-state index contributed by atoms with van der Waals surface area (Å²) in [6.45, 7) is 0.544. The summed E-state index contributed by atoms with van der Waals surface area (Å²) in [6.07, 6.45) is 0.835. The van der Waals surface area contributed by atoms with Gasteiger partial charge in [0.1, 0.15) is 12.4 Å². The van der Waals surface area contributed by atoms with Crippen molar-refractivity contribution >= 4 is 11.5 Å². The molecule has 0 fully saturated rings. The lowest BCUT2D eigenvalue weighted by molar-refractivity contribution is 0.256. The zero-order valence-electron chi connectivity index (χ0n) is 11.9. The highest BCUT2D eigenvalue weighted by Gasteiger charge is 2.22. The summed E-state index contributed by atoms with van der Waals surface area (Å²) in [4.78, 5) is 0. The molecular weight excluding hydrogens is 284 g/mol. The maximum absolute atomic E-state index is 5.84. The Kier molecular flexibility index (Phi) is 2.99. The van der Waals surface area contributed by atoms with Crippen LogP contribution in [0.3, 0.4) is 0 Å². The molecule has 2 aromatic heterocycles. The van der Waals surface area contributed by atoms with E-state index >= 15 is 0 Å².